The number of nitrogens with two attached hydrogens (primary N) is 1. The van der Waals surface area contributed by atoms with Crippen LogP contribution < -0.4 is 11.1 Å². The van der Waals surface area contributed by atoms with E-state index in [0.29, 0.717) is 19.5 Å². The summed E-state index contributed by atoms with van der Waals surface area (Å²) in [7, 11) is 0. The molecule has 3 rings (SSSR count). The average molecular weight is 527 g/mol. The predicted octanol–water partition coefficient (Wildman–Crippen LogP) is 2.42. The Balaban J connectivity index is 1.86. The molecule has 0 spiro atoms. The first kappa shape index (κ1) is 29.1. The highest BCUT2D eigenvalue weighted by molar-refractivity contribution is 6.00. The van der Waals surface area contributed by atoms with Gasteiger partial charge in [0.25, 0.3) is 5.91 Å². The van der Waals surface area contributed by atoms with Crippen molar-refractivity contribution < 1.29 is 28.6 Å². The molecule has 0 radical (unpaired) electrons. The molecule has 2 amide bonds. The van der Waals surface area contributed by atoms with Gasteiger partial charge >= 0.3 is 5.97 Å². The Hall–Kier alpha value is -3.50. The lowest BCUT2D eigenvalue weighted by Crippen LogP contribution is -2.36. The second kappa shape index (κ2) is 13.3. The number of oxazole rings is 1. The molecule has 3 heterocycles. The Bertz CT molecular complexity index is 1130. The van der Waals surface area contributed by atoms with E-state index in [2.05, 4.69) is 10.3 Å². The number of hydrogen-bond acceptors (Lipinski definition) is 8. The van der Waals surface area contributed by atoms with Gasteiger partial charge in [0.15, 0.2) is 11.6 Å². The lowest BCUT2D eigenvalue weighted by Gasteiger charge is -2.27. The van der Waals surface area contributed by atoms with Crippen LogP contribution in [0.3, 0.4) is 0 Å². The minimum atomic E-state index is -0.788. The van der Waals surface area contributed by atoms with Crippen molar-refractivity contribution in [3.05, 3.63) is 65.6 Å². The highest BCUT2D eigenvalue weighted by Gasteiger charge is 2.33. The maximum Gasteiger partial charge on any atom is 0.355 e. The summed E-state index contributed by atoms with van der Waals surface area (Å²) in [4.78, 5) is 44.2. The highest BCUT2D eigenvalue weighted by Crippen LogP contribution is 2.24. The van der Waals surface area contributed by atoms with E-state index in [1.165, 1.54) is 17.2 Å². The Morgan fingerprint density at radius 1 is 1.24 bits per heavy atom. The number of carbonyl (C=O) groups excluding carboxylic acids is 3. The van der Waals surface area contributed by atoms with E-state index in [-0.39, 0.29) is 47.9 Å². The number of aromatic nitrogens is 1. The number of nitrogens with one attached hydrogen (secondary N) is 1. The molecule has 1 unspecified atom stereocenters. The number of allylic oxidation sites excluding steroid dienone is 2. The van der Waals surface area contributed by atoms with Gasteiger partial charge in [0.2, 0.25) is 5.91 Å². The first-order valence-corrected chi connectivity index (χ1v) is 13.0. The monoisotopic (exact) mass is 526 g/mol. The van der Waals surface area contributed by atoms with Gasteiger partial charge in [-0.1, -0.05) is 56.7 Å². The van der Waals surface area contributed by atoms with Crippen molar-refractivity contribution in [1.82, 2.24) is 15.2 Å². The molecule has 2 aliphatic heterocycles. The van der Waals surface area contributed by atoms with Gasteiger partial charge in [-0.3, -0.25) is 9.59 Å². The van der Waals surface area contributed by atoms with Crippen LogP contribution in [-0.4, -0.2) is 64.1 Å². The number of aliphatic hydroxyl groups excluding tert-OH is 1. The molecule has 0 aromatic carbocycles. The summed E-state index contributed by atoms with van der Waals surface area (Å²) in [5.41, 5.74) is 7.23. The van der Waals surface area contributed by atoms with Gasteiger partial charge < -0.3 is 30.2 Å². The number of ether oxygens (including phenoxy) is 1. The molecule has 0 saturated carbocycles. The smallest absolute Gasteiger partial charge is 0.355 e. The molecular formula is C28H38N4O6. The van der Waals surface area contributed by atoms with E-state index in [1.54, 1.807) is 30.4 Å². The summed E-state index contributed by atoms with van der Waals surface area (Å²) in [5.74, 6) is -1.35. The van der Waals surface area contributed by atoms with E-state index in [0.717, 1.165) is 5.57 Å². The van der Waals surface area contributed by atoms with Crippen LogP contribution in [0.25, 0.3) is 0 Å². The highest BCUT2D eigenvalue weighted by atomic mass is 16.5. The van der Waals surface area contributed by atoms with E-state index >= 15 is 0 Å². The normalized spacial score (nSPS) is 27.3. The maximum atomic E-state index is 13.2. The molecule has 0 aliphatic carbocycles. The standard InChI is InChI=1S/C28H38N4O6/c1-17(2)26-19(4)9-10-24(34)30-11-5-7-18(3)13-21(33)14-20(29)15-25-31-22(16-37-25)27(35)32-12-6-8-23(32)28(36)38-26/h5,7-10,13,16-17,19-21,26,33H,6,11-12,14-15,29H2,1-4H3,(H,30,34)/b7-5?,10-9+,18-13?/t19-,20-,21-,26?/m1/s1. The van der Waals surface area contributed by atoms with Gasteiger partial charge in [-0.15, -0.1) is 0 Å². The number of hydrogen-bond donors (Lipinski definition) is 3. The molecule has 206 valence electrons. The molecular weight excluding hydrogens is 488 g/mol. The van der Waals surface area contributed by atoms with Crippen LogP contribution >= 0.6 is 0 Å². The lowest BCUT2D eigenvalue weighted by molar-refractivity contribution is -0.149. The predicted molar refractivity (Wildman–Crippen MR) is 141 cm³/mol. The van der Waals surface area contributed by atoms with Crippen LogP contribution in [0.1, 0.15) is 56.9 Å². The summed E-state index contributed by atoms with van der Waals surface area (Å²) in [6.07, 6.45) is 11.0. The molecule has 10 nitrogen and oxygen atoms in total. The molecule has 4 atom stereocenters. The second-order valence-electron chi connectivity index (χ2n) is 10.1. The van der Waals surface area contributed by atoms with Crippen molar-refractivity contribution in [3.63, 3.8) is 0 Å². The molecule has 38 heavy (non-hydrogen) atoms. The molecule has 0 fully saturated rings. The third kappa shape index (κ3) is 8.00. The molecule has 4 N–H and O–H groups in total. The molecule has 1 aromatic rings. The van der Waals surface area contributed by atoms with Gasteiger partial charge in [-0.25, -0.2) is 9.78 Å². The fourth-order valence-electron chi connectivity index (χ4n) is 4.50. The van der Waals surface area contributed by atoms with Crippen LogP contribution in [0.2, 0.25) is 0 Å². The van der Waals surface area contributed by atoms with Crippen LogP contribution in [0, 0.1) is 11.8 Å². The summed E-state index contributed by atoms with van der Waals surface area (Å²) in [6, 6.07) is -0.459. The largest absolute Gasteiger partial charge is 0.457 e. The Labute approximate surface area is 223 Å². The number of cyclic esters (lactones) is 1. The Morgan fingerprint density at radius 2 is 2.00 bits per heavy atom. The van der Waals surface area contributed by atoms with Crippen LogP contribution in [0.15, 0.2) is 58.4 Å². The minimum absolute atomic E-state index is 0.0300. The van der Waals surface area contributed by atoms with Crippen molar-refractivity contribution in [2.75, 3.05) is 13.1 Å². The zero-order chi connectivity index (χ0) is 27.8. The summed E-state index contributed by atoms with van der Waals surface area (Å²) >= 11 is 0. The zero-order valence-corrected chi connectivity index (χ0v) is 22.4. The van der Waals surface area contributed by atoms with Gasteiger partial charge in [0, 0.05) is 31.5 Å². The summed E-state index contributed by atoms with van der Waals surface area (Å²) in [5, 5.41) is 13.2. The third-order valence-electron chi connectivity index (χ3n) is 6.39. The first-order valence-electron chi connectivity index (χ1n) is 13.0. The molecule has 2 aliphatic rings. The van der Waals surface area contributed by atoms with Crippen molar-refractivity contribution in [3.8, 4) is 0 Å². The van der Waals surface area contributed by atoms with E-state index in [4.69, 9.17) is 14.9 Å². The van der Waals surface area contributed by atoms with Crippen molar-refractivity contribution in [2.24, 2.45) is 17.6 Å². The number of carbonyl (C=O) groups is 3. The van der Waals surface area contributed by atoms with E-state index in [1.807, 2.05) is 27.7 Å². The minimum Gasteiger partial charge on any atom is -0.457 e. The Morgan fingerprint density at radius 3 is 2.74 bits per heavy atom. The molecule has 0 saturated heterocycles. The van der Waals surface area contributed by atoms with Gasteiger partial charge in [0.05, 0.1) is 6.10 Å². The summed E-state index contributed by atoms with van der Waals surface area (Å²) < 4.78 is 11.3. The van der Waals surface area contributed by atoms with Crippen LogP contribution in [0.4, 0.5) is 0 Å². The number of esters is 1. The number of aliphatic hydroxyl groups is 1. The van der Waals surface area contributed by atoms with Crippen LogP contribution in [-0.2, 0) is 20.7 Å². The van der Waals surface area contributed by atoms with Crippen molar-refractivity contribution in [1.29, 1.82) is 0 Å². The van der Waals surface area contributed by atoms with Gasteiger partial charge in [0.1, 0.15) is 18.1 Å². The van der Waals surface area contributed by atoms with E-state index < -0.39 is 30.1 Å². The maximum absolute atomic E-state index is 13.2. The molecule has 10 heteroatoms. The molecule has 1 aromatic heterocycles. The topological polar surface area (TPSA) is 148 Å². The Kier molecular flexibility index (Phi) is 10.2. The third-order valence-corrected chi connectivity index (χ3v) is 6.39. The number of rotatable bonds is 1. The van der Waals surface area contributed by atoms with Crippen molar-refractivity contribution in [2.45, 2.75) is 65.2 Å². The average Bonchev–Trinajstić information content (AvgIpc) is 3.52. The number of fused-ring (bicyclic) bond motifs is 3. The van der Waals surface area contributed by atoms with Crippen molar-refractivity contribution >= 4 is 17.8 Å². The SMILES string of the molecule is CC1=C[C@@H](O)C[C@@H](N)Cc2nc(co2)C(=O)N2CCC=C2C(=O)OC(C(C)C)[C@H](C)/C=C/C(=O)NCC=C1. The number of amides is 2. The quantitative estimate of drug-likeness (QED) is 0.473. The fourth-order valence-corrected chi connectivity index (χ4v) is 4.50. The first-order chi connectivity index (χ1) is 18.0. The van der Waals surface area contributed by atoms with Gasteiger partial charge in [-0.05, 0) is 31.8 Å². The zero-order valence-electron chi connectivity index (χ0n) is 22.4. The fraction of sp³-hybridized carbons (Fsp3) is 0.500. The van der Waals surface area contributed by atoms with Gasteiger partial charge in [-0.2, -0.15) is 0 Å². The molecule has 2 bridgehead atoms. The summed E-state index contributed by atoms with van der Waals surface area (Å²) in [6.45, 7) is 8.21. The van der Waals surface area contributed by atoms with Crippen LogP contribution in [0.5, 0.6) is 0 Å². The second-order valence-corrected chi connectivity index (χ2v) is 10.1. The number of nitrogens with zero attached hydrogens (tertiary/aromatic N) is 2. The lowest BCUT2D eigenvalue weighted by atomic mass is 9.94. The van der Waals surface area contributed by atoms with E-state index in [9.17, 15) is 19.5 Å².